The third-order valence-electron chi connectivity index (χ3n) is 23.7. The largest absolute Gasteiger partial charge is 0.398 e. The number of nitrogens with one attached hydrogen (secondary N) is 1. The zero-order chi connectivity index (χ0) is 107. The number of aromatic amines is 1. The molecule has 0 spiro atoms. The molecule has 0 atom stereocenters. The van der Waals surface area contributed by atoms with Crippen molar-refractivity contribution in [2.24, 2.45) is 15.0 Å². The van der Waals surface area contributed by atoms with Crippen molar-refractivity contribution in [3.8, 4) is 0 Å². The van der Waals surface area contributed by atoms with E-state index in [0.29, 0.717) is 128 Å². The fourth-order valence-corrected chi connectivity index (χ4v) is 15.9. The van der Waals surface area contributed by atoms with Crippen LogP contribution in [0.15, 0.2) is 203 Å². The number of anilines is 6. The standard InChI is InChI=1S/C11H12N4O.C10H12FN3.C10H11FN2O.C10H13N3.C10H12N2O.2C9H12N4.2C9H11N3O.2C8H11N5/c1-7(2)15-6-12-9-10(16)13-8-4-3-5-14(8)11(9)15;1-6(2)14-5-7(11)9-8(12)3-4-13-10(9)14;1-6(2)13-5-7(11)9-8(14)3-4-12-10(9)13;1-7(2)13-6-4-8-9(11)3-5-12-10(8)13;1-7(2)12-6-4-8-9(13)3-5-11-10(8)12;1-6(2)13-5-12-8-7(10)3-4-11-9(8)13;1-6(2)8-5-11-9-7(10)3-4-12-13(8)9;1-7(2)11-5-3-8(13)12-6-4-10-9(11)12;1-6(2)12-5-11-8-7(13)3-4-10-9(8)12;2*1-5(2)13-8-7(11-12-13)6(9)3-4-10-8/h3-7H,1-2H3,(H,13,16);3-6H,1-2H3,(H2,12,13);4-6H,3H2,1-2H3;3-7H,1-2H3,(H2,11,12);4-7H,3H2,1-2H3;3-6H,1-2H3,(H2,10,11);3-6H,10H2,1-2H3;3-7H,1-2H3;4-6H,3H2,1-2H3;2*3-5H,1-2H3,(H2,9,10). The van der Waals surface area contributed by atoms with Crippen molar-refractivity contribution in [2.45, 2.75) is 238 Å². The van der Waals surface area contributed by atoms with E-state index in [1.165, 1.54) is 18.6 Å². The highest BCUT2D eigenvalue weighted by Gasteiger charge is 2.27. The molecule has 0 amide bonds. The number of rotatable bonds is 11. The topological polar surface area (TPSA) is 550 Å². The Morgan fingerprint density at radius 3 is 1.44 bits per heavy atom. The maximum absolute atomic E-state index is 13.5. The van der Waals surface area contributed by atoms with Crippen LogP contribution in [0.4, 0.5) is 60.4 Å². The second-order valence-corrected chi connectivity index (χ2v) is 38.0. The van der Waals surface area contributed by atoms with Crippen molar-refractivity contribution in [1.29, 1.82) is 0 Å². The molecule has 774 valence electrons. The summed E-state index contributed by atoms with van der Waals surface area (Å²) in [5, 5.41) is 21.5. The number of carbonyl (C=O) groups is 3. The van der Waals surface area contributed by atoms with Gasteiger partial charge in [-0.2, -0.15) is 5.10 Å². The van der Waals surface area contributed by atoms with Gasteiger partial charge in [-0.15, -0.1) is 10.2 Å². The lowest BCUT2D eigenvalue weighted by molar-refractivity contribution is 0.0988. The van der Waals surface area contributed by atoms with Crippen molar-refractivity contribution in [1.82, 2.24) is 140 Å². The van der Waals surface area contributed by atoms with Crippen LogP contribution in [0.3, 0.4) is 0 Å². The molecule has 0 bridgehead atoms. The summed E-state index contributed by atoms with van der Waals surface area (Å²) in [6, 6.07) is 22.4. The summed E-state index contributed by atoms with van der Waals surface area (Å²) < 4.78 is 51.1. The van der Waals surface area contributed by atoms with Gasteiger partial charge < -0.3 is 75.9 Å². The van der Waals surface area contributed by atoms with Crippen molar-refractivity contribution in [3.05, 3.63) is 234 Å². The quantitative estimate of drug-likeness (QED) is 0.0632. The minimum absolute atomic E-state index is 0.0376. The number of halogens is 2. The normalized spacial score (nSPS) is 12.4. The Kier molecular flexibility index (Phi) is 34.2. The second kappa shape index (κ2) is 46.9. The summed E-state index contributed by atoms with van der Waals surface area (Å²) in [5.41, 5.74) is 49.5. The Balaban J connectivity index is 0.000000136. The van der Waals surface area contributed by atoms with Gasteiger partial charge in [0.1, 0.15) is 34.1 Å². The molecule has 0 aromatic carbocycles. The summed E-state index contributed by atoms with van der Waals surface area (Å²) in [4.78, 5) is 114. The number of hydrogen-bond donors (Lipinski definition) is 7. The molecule has 0 aliphatic carbocycles. The molecule has 23 rings (SSSR count). The molecule has 45 heteroatoms. The van der Waals surface area contributed by atoms with E-state index >= 15 is 0 Å². The lowest BCUT2D eigenvalue weighted by Crippen LogP contribution is -2.16. The van der Waals surface area contributed by atoms with Gasteiger partial charge in [-0.3, -0.25) is 32.8 Å². The van der Waals surface area contributed by atoms with E-state index in [2.05, 4.69) is 183 Å². The van der Waals surface area contributed by atoms with Gasteiger partial charge in [0.15, 0.2) is 85.3 Å². The Labute approximate surface area is 850 Å². The molecule has 23 heterocycles. The molecular formula is C103H128F2N38O5. The molecule has 3 aliphatic rings. The van der Waals surface area contributed by atoms with Crippen molar-refractivity contribution in [3.63, 3.8) is 0 Å². The van der Waals surface area contributed by atoms with E-state index in [0.717, 1.165) is 73.2 Å². The predicted octanol–water partition coefficient (Wildman–Crippen LogP) is 18.8. The molecule has 0 fully saturated rings. The van der Waals surface area contributed by atoms with Crippen LogP contribution in [-0.2, 0) is 0 Å². The number of imidazole rings is 5. The molecule has 148 heavy (non-hydrogen) atoms. The second-order valence-electron chi connectivity index (χ2n) is 38.0. The average Bonchev–Trinajstić information content (AvgIpc) is 1.60. The van der Waals surface area contributed by atoms with Crippen LogP contribution < -0.4 is 45.5 Å². The number of aliphatic imine (C=N–C) groups is 3. The van der Waals surface area contributed by atoms with Gasteiger partial charge in [0.05, 0.1) is 88.4 Å². The summed E-state index contributed by atoms with van der Waals surface area (Å²) in [7, 11) is 0. The number of H-pyrrole nitrogens is 1. The Morgan fingerprint density at radius 2 is 0.851 bits per heavy atom. The van der Waals surface area contributed by atoms with E-state index in [1.807, 2.05) is 152 Å². The van der Waals surface area contributed by atoms with Crippen molar-refractivity contribution >= 4 is 171 Å². The highest BCUT2D eigenvalue weighted by Crippen LogP contribution is 2.35. The fourth-order valence-electron chi connectivity index (χ4n) is 15.9. The van der Waals surface area contributed by atoms with Gasteiger partial charge in [-0.25, -0.2) is 87.5 Å². The van der Waals surface area contributed by atoms with Crippen LogP contribution in [0.5, 0.6) is 0 Å². The summed E-state index contributed by atoms with van der Waals surface area (Å²) in [5.74, 6) is 2.34. The minimum Gasteiger partial charge on any atom is -0.398 e. The predicted molar refractivity (Wildman–Crippen MR) is 578 cm³/mol. The van der Waals surface area contributed by atoms with Crippen molar-refractivity contribution < 1.29 is 23.2 Å². The summed E-state index contributed by atoms with van der Waals surface area (Å²) in [6.07, 6.45) is 36.7. The monoisotopic (exact) mass is 2020 g/mol. The van der Waals surface area contributed by atoms with E-state index in [9.17, 15) is 32.8 Å². The third-order valence-corrected chi connectivity index (χ3v) is 23.7. The fraction of sp³-hybridized carbons (Fsp3) is 0.350. The third kappa shape index (κ3) is 23.6. The molecule has 43 nitrogen and oxygen atoms in total. The first kappa shape index (κ1) is 108. The molecule has 0 saturated carbocycles. The first-order chi connectivity index (χ1) is 70.5. The molecular weight excluding hydrogens is 1890 g/mol. The number of Topliss-reactive ketones (excluding diaryl/α,β-unsaturated/α-hetero) is 3. The number of nitrogens with two attached hydrogens (primary N) is 6. The van der Waals surface area contributed by atoms with Gasteiger partial charge >= 0.3 is 0 Å². The zero-order valence-electron chi connectivity index (χ0n) is 87.1. The Morgan fingerprint density at radius 1 is 0.358 bits per heavy atom. The highest BCUT2D eigenvalue weighted by atomic mass is 19.1. The molecule has 3 aliphatic heterocycles. The number of pyridine rings is 5. The number of ketones is 3. The average molecular weight is 2020 g/mol. The molecule has 20 aromatic rings. The smallest absolute Gasteiger partial charge is 0.279 e. The van der Waals surface area contributed by atoms with Crippen LogP contribution in [0.1, 0.15) is 275 Å². The number of fused-ring (bicyclic) bond motifs is 13. The maximum atomic E-state index is 13.5. The van der Waals surface area contributed by atoms with Crippen LogP contribution >= 0.6 is 0 Å². The summed E-state index contributed by atoms with van der Waals surface area (Å²) in [6.45, 7) is 45.0. The van der Waals surface area contributed by atoms with E-state index < -0.39 is 5.82 Å². The first-order valence-electron chi connectivity index (χ1n) is 48.6. The first-order valence-corrected chi connectivity index (χ1v) is 48.6. The molecule has 13 N–H and O–H groups in total. The van der Waals surface area contributed by atoms with Gasteiger partial charge in [0, 0.05) is 190 Å². The minimum atomic E-state index is -0.462. The SMILES string of the molecule is CC(C)c1cnc2c(N)ccnn12.CC(C)n1cc(F)c2c(N)ccnc21.CC(C)n1cc(F)c2c1N=CCC2=O.CC(C)n1ccc(=O)n2ccnc12.CC(C)n1ccc2c(N)ccnc21.CC(C)n1ccc2c1N=CCC2=O.CC(C)n1cnc2c(=O)[nH]c3cccn3c21.CC(C)n1cnc2c(N)ccnc21.CC(C)n1cnc2c1N=CCC2=O.CC(C)n1nnc2c(N)ccnc21.CC(C)n1nnc2c(N)ccnc21. The van der Waals surface area contributed by atoms with Gasteiger partial charge in [0.25, 0.3) is 11.1 Å². The van der Waals surface area contributed by atoms with E-state index in [4.69, 9.17) is 34.4 Å². The summed E-state index contributed by atoms with van der Waals surface area (Å²) >= 11 is 0. The Bertz CT molecular complexity index is 7740. The van der Waals surface area contributed by atoms with Crippen LogP contribution in [0, 0.1) is 11.6 Å². The maximum Gasteiger partial charge on any atom is 0.279 e. The molecule has 0 unspecified atom stereocenters. The lowest BCUT2D eigenvalue weighted by Gasteiger charge is -2.12. The van der Waals surface area contributed by atoms with Gasteiger partial charge in [-0.1, -0.05) is 24.3 Å². The number of hydrogen-bond acceptors (Lipinski definition) is 29. The van der Waals surface area contributed by atoms with Crippen molar-refractivity contribution in [2.75, 3.05) is 34.4 Å². The Hall–Kier alpha value is -17.4. The lowest BCUT2D eigenvalue weighted by atomic mass is 10.1. The zero-order valence-corrected chi connectivity index (χ0v) is 87.1. The molecule has 0 saturated heterocycles. The van der Waals surface area contributed by atoms with E-state index in [-0.39, 0.29) is 76.5 Å². The number of carbonyl (C=O) groups excluding carboxylic acids is 3. The number of nitrogen functional groups attached to an aromatic ring is 6. The van der Waals surface area contributed by atoms with Crippen LogP contribution in [-0.4, -0.2) is 176 Å². The van der Waals surface area contributed by atoms with Crippen LogP contribution in [0.25, 0.3) is 83.8 Å². The molecule has 20 aromatic heterocycles. The van der Waals surface area contributed by atoms with E-state index in [1.54, 1.807) is 151 Å². The number of aromatic nitrogens is 29. The van der Waals surface area contributed by atoms with Crippen LogP contribution in [0.2, 0.25) is 0 Å². The molecule has 0 radical (unpaired) electrons. The van der Waals surface area contributed by atoms with Gasteiger partial charge in [0.2, 0.25) is 5.78 Å². The number of nitrogens with zero attached hydrogens (tertiary/aromatic N) is 31. The highest BCUT2D eigenvalue weighted by molar-refractivity contribution is 6.11. The van der Waals surface area contributed by atoms with Gasteiger partial charge in [-0.05, 0) is 205 Å².